The zero-order valence-electron chi connectivity index (χ0n) is 24.9. The van der Waals surface area contributed by atoms with Gasteiger partial charge in [0.15, 0.2) is 10.9 Å². The first kappa shape index (κ1) is 29.2. The Balaban J connectivity index is 1.12. The maximum atomic E-state index is 15.9. The van der Waals surface area contributed by atoms with Crippen LogP contribution in [0.15, 0.2) is 36.4 Å². The molecule has 236 valence electrons. The monoisotopic (exact) mass is 644 g/mol. The van der Waals surface area contributed by atoms with E-state index in [1.54, 1.807) is 17.0 Å². The number of aliphatic hydroxyl groups is 2. The third kappa shape index (κ3) is 4.54. The summed E-state index contributed by atoms with van der Waals surface area (Å²) in [7, 11) is 1.81. The molecule has 0 saturated carbocycles. The summed E-state index contributed by atoms with van der Waals surface area (Å²) in [4.78, 5) is 28.3. The second-order valence-corrected chi connectivity index (χ2v) is 13.8. The van der Waals surface area contributed by atoms with Crippen LogP contribution in [0.4, 0.5) is 25.3 Å². The average Bonchev–Trinajstić information content (AvgIpc) is 3.73. The van der Waals surface area contributed by atoms with Crippen LogP contribution in [0.1, 0.15) is 28.7 Å². The molecule has 13 heteroatoms. The number of carbonyl (C=O) groups excluding carboxylic acids is 1. The van der Waals surface area contributed by atoms with Crippen LogP contribution in [0.5, 0.6) is 0 Å². The van der Waals surface area contributed by atoms with Crippen molar-refractivity contribution in [3.05, 3.63) is 64.2 Å². The Labute approximate surface area is 267 Å². The summed E-state index contributed by atoms with van der Waals surface area (Å²) in [6, 6.07) is 11.4. The van der Waals surface area contributed by atoms with Gasteiger partial charge in [0.2, 0.25) is 5.91 Å². The van der Waals surface area contributed by atoms with E-state index in [1.807, 2.05) is 18.0 Å². The number of benzene rings is 2. The van der Waals surface area contributed by atoms with Crippen molar-refractivity contribution < 1.29 is 28.5 Å². The highest BCUT2D eigenvalue weighted by atomic mass is 32.1. The number of hydrogen-bond donors (Lipinski definition) is 2. The molecular formula is C33H30F2N6O4S. The number of carbonyl (C=O) groups is 1. The van der Waals surface area contributed by atoms with E-state index in [-0.39, 0.29) is 35.9 Å². The van der Waals surface area contributed by atoms with Crippen molar-refractivity contribution in [2.45, 2.75) is 25.0 Å². The third-order valence-electron chi connectivity index (χ3n) is 9.72. The number of nitrogens with zero attached hydrogens (tertiary/aromatic N) is 6. The number of halogens is 2. The Morgan fingerprint density at radius 1 is 1.13 bits per heavy atom. The predicted molar refractivity (Wildman–Crippen MR) is 167 cm³/mol. The molecule has 2 aromatic heterocycles. The van der Waals surface area contributed by atoms with Gasteiger partial charge < -0.3 is 29.6 Å². The molecule has 0 bridgehead atoms. The van der Waals surface area contributed by atoms with E-state index in [2.05, 4.69) is 16.0 Å². The van der Waals surface area contributed by atoms with Crippen molar-refractivity contribution >= 4 is 44.7 Å². The van der Waals surface area contributed by atoms with E-state index in [9.17, 15) is 24.7 Å². The predicted octanol–water partition coefficient (Wildman–Crippen LogP) is 3.91. The van der Waals surface area contributed by atoms with E-state index >= 15 is 4.39 Å². The molecule has 46 heavy (non-hydrogen) atoms. The summed E-state index contributed by atoms with van der Waals surface area (Å²) in [5.74, 6) is -1.49. The molecule has 3 aliphatic heterocycles. The smallest absolute Gasteiger partial charge is 0.230 e. The number of hydrogen-bond acceptors (Lipinski definition) is 10. The van der Waals surface area contributed by atoms with Gasteiger partial charge in [-0.3, -0.25) is 4.79 Å². The molecule has 2 N–H and O–H groups in total. The lowest BCUT2D eigenvalue weighted by Crippen LogP contribution is -2.73. The number of rotatable bonds is 5. The minimum Gasteiger partial charge on any atom is -0.390 e. The molecule has 3 atom stereocenters. The normalized spacial score (nSPS) is 22.9. The minimum atomic E-state index is -0.817. The Morgan fingerprint density at radius 2 is 1.89 bits per heavy atom. The first-order valence-electron chi connectivity index (χ1n) is 15.2. The van der Waals surface area contributed by atoms with Crippen LogP contribution >= 0.6 is 11.3 Å². The summed E-state index contributed by atoms with van der Waals surface area (Å²) in [6.07, 6.45) is -0.576. The Hall–Kier alpha value is -4.22. The quantitative estimate of drug-likeness (QED) is 0.333. The second kappa shape index (κ2) is 10.7. The van der Waals surface area contributed by atoms with Crippen molar-refractivity contribution in [1.29, 1.82) is 5.26 Å². The van der Waals surface area contributed by atoms with Crippen molar-refractivity contribution in [1.82, 2.24) is 14.9 Å². The van der Waals surface area contributed by atoms with E-state index in [1.165, 1.54) is 29.5 Å². The van der Waals surface area contributed by atoms with E-state index < -0.39 is 23.9 Å². The maximum absolute atomic E-state index is 15.9. The molecule has 2 aromatic carbocycles. The molecule has 8 rings (SSSR count). The van der Waals surface area contributed by atoms with Crippen molar-refractivity contribution in [2.24, 2.45) is 11.3 Å². The number of fused-ring (bicyclic) bond motifs is 2. The van der Waals surface area contributed by atoms with Gasteiger partial charge in [0.25, 0.3) is 0 Å². The lowest BCUT2D eigenvalue weighted by atomic mass is 9.72. The number of pyridine rings is 1. The minimum absolute atomic E-state index is 0.0727. The van der Waals surface area contributed by atoms with Gasteiger partial charge in [0.1, 0.15) is 28.0 Å². The van der Waals surface area contributed by atoms with Crippen LogP contribution < -0.4 is 9.80 Å². The number of amides is 1. The number of ether oxygens (including phenoxy) is 1. The first-order chi connectivity index (χ1) is 22.1. The van der Waals surface area contributed by atoms with Crippen molar-refractivity contribution in [2.75, 3.05) is 56.2 Å². The topological polar surface area (TPSA) is 126 Å². The fourth-order valence-corrected chi connectivity index (χ4v) is 8.22. The second-order valence-electron chi connectivity index (χ2n) is 12.8. The molecule has 10 nitrogen and oxygen atoms in total. The summed E-state index contributed by atoms with van der Waals surface area (Å²) in [5, 5.41) is 31.8. The molecule has 4 aliphatic rings. The Kier molecular flexibility index (Phi) is 6.77. The van der Waals surface area contributed by atoms with Gasteiger partial charge in [0.05, 0.1) is 42.7 Å². The van der Waals surface area contributed by atoms with E-state index in [0.29, 0.717) is 82.7 Å². The van der Waals surface area contributed by atoms with Crippen LogP contribution in [0.25, 0.3) is 22.2 Å². The van der Waals surface area contributed by atoms with Crippen LogP contribution in [0.2, 0.25) is 0 Å². The first-order valence-corrected chi connectivity index (χ1v) is 16.0. The molecular weight excluding hydrogens is 614 g/mol. The molecule has 1 aliphatic carbocycles. The summed E-state index contributed by atoms with van der Waals surface area (Å²) in [6.45, 7) is 2.92. The van der Waals surface area contributed by atoms with Gasteiger partial charge in [-0.15, -0.1) is 0 Å². The van der Waals surface area contributed by atoms with Crippen molar-refractivity contribution in [3.63, 3.8) is 0 Å². The number of nitriles is 1. The number of thiazole rings is 1. The van der Waals surface area contributed by atoms with E-state index in [0.717, 1.165) is 5.56 Å². The zero-order valence-corrected chi connectivity index (χ0v) is 25.7. The number of aliphatic hydroxyl groups excluding tert-OH is 2. The SMILES string of the molecule is CN(c1nc(-c2ccc(F)cc2)c(C#N)s1)c1c2c(nc3c(F)cc(N4CC5(CN(C(=O)[C@H]6COC[C@@H]6O)C5)C4)cc13)[C@H](O)CC2. The van der Waals surface area contributed by atoms with Gasteiger partial charge in [-0.1, -0.05) is 11.3 Å². The fraction of sp³-hybridized carbons (Fsp3) is 0.394. The van der Waals surface area contributed by atoms with Crippen LogP contribution in [-0.2, 0) is 16.0 Å². The average molecular weight is 645 g/mol. The molecule has 0 unspecified atom stereocenters. The van der Waals surface area contributed by atoms with E-state index in [4.69, 9.17) is 9.72 Å². The van der Waals surface area contributed by atoms with Crippen LogP contribution in [-0.4, -0.2) is 83.5 Å². The van der Waals surface area contributed by atoms with Crippen LogP contribution in [0.3, 0.4) is 0 Å². The fourth-order valence-electron chi connectivity index (χ4n) is 7.36. The zero-order chi connectivity index (χ0) is 31.9. The number of aromatic nitrogens is 2. The molecule has 3 fully saturated rings. The largest absolute Gasteiger partial charge is 0.390 e. The standard InChI is InChI=1S/C33H30F2N6O4S/c1-39(32-38-27(26(10-36)46-32)17-2-4-18(34)5-3-17)30-20-6-7-24(42)29(20)37-28-21(30)8-19(9-23(28)35)40-13-33(14-40)15-41(16-33)31(44)22-11-45-12-25(22)43/h2-5,8-9,22,24-25,42-43H,6-7,11-16H2,1H3/t22-,24+,25-/m0/s1. The van der Waals surface area contributed by atoms with Gasteiger partial charge >= 0.3 is 0 Å². The van der Waals surface area contributed by atoms with Gasteiger partial charge in [-0.2, -0.15) is 5.26 Å². The third-order valence-corrected chi connectivity index (χ3v) is 10.8. The van der Waals surface area contributed by atoms with Gasteiger partial charge in [-0.25, -0.2) is 18.7 Å². The highest BCUT2D eigenvalue weighted by Gasteiger charge is 2.54. The Bertz CT molecular complexity index is 1930. The molecule has 3 saturated heterocycles. The number of anilines is 3. The summed E-state index contributed by atoms with van der Waals surface area (Å²) >= 11 is 1.19. The molecule has 0 radical (unpaired) electrons. The Morgan fingerprint density at radius 3 is 2.59 bits per heavy atom. The summed E-state index contributed by atoms with van der Waals surface area (Å²) in [5.41, 5.74) is 3.74. The maximum Gasteiger partial charge on any atom is 0.230 e. The van der Waals surface area contributed by atoms with Gasteiger partial charge in [0, 0.05) is 60.8 Å². The van der Waals surface area contributed by atoms with Crippen molar-refractivity contribution in [3.8, 4) is 17.3 Å². The highest BCUT2D eigenvalue weighted by Crippen LogP contribution is 2.48. The summed E-state index contributed by atoms with van der Waals surface area (Å²) < 4.78 is 34.7. The highest BCUT2D eigenvalue weighted by molar-refractivity contribution is 7.16. The lowest BCUT2D eigenvalue weighted by molar-refractivity contribution is -0.152. The molecule has 4 aromatic rings. The number of likely N-dealkylation sites (tertiary alicyclic amines) is 1. The lowest BCUT2D eigenvalue weighted by Gasteiger charge is -2.61. The molecule has 5 heterocycles. The van der Waals surface area contributed by atoms with Gasteiger partial charge in [-0.05, 0) is 49.2 Å². The molecule has 1 amide bonds. The molecule has 1 spiro atoms. The van der Waals surface area contributed by atoms with Crippen LogP contribution in [0, 0.1) is 34.3 Å².